The number of amides is 1. The fraction of sp³-hybridized carbons (Fsp3) is 0.467. The van der Waals surface area contributed by atoms with Crippen molar-refractivity contribution in [1.82, 2.24) is 10.6 Å². The highest BCUT2D eigenvalue weighted by molar-refractivity contribution is 14.0. The van der Waals surface area contributed by atoms with Crippen LogP contribution in [0.2, 0.25) is 0 Å². The number of aliphatic imine (C=N–C) groups is 1. The number of nitrogens with two attached hydrogens (primary N) is 1. The SMILES string of the molecule is CCNC(=O)c1ccc(CN=C(N)NCC(C)C)cc1.I. The number of hydrogen-bond donors (Lipinski definition) is 3. The average molecular weight is 404 g/mol. The Bertz CT molecular complexity index is 457. The molecule has 0 unspecified atom stereocenters. The monoisotopic (exact) mass is 404 g/mol. The molecule has 1 amide bonds. The summed E-state index contributed by atoms with van der Waals surface area (Å²) in [6.07, 6.45) is 0. The normalized spacial score (nSPS) is 11.0. The molecule has 1 aromatic rings. The minimum atomic E-state index is -0.0549. The van der Waals surface area contributed by atoms with Gasteiger partial charge in [0.1, 0.15) is 0 Å². The van der Waals surface area contributed by atoms with Crippen LogP contribution >= 0.6 is 24.0 Å². The van der Waals surface area contributed by atoms with Gasteiger partial charge in [0.25, 0.3) is 5.91 Å². The van der Waals surface area contributed by atoms with Gasteiger partial charge in [0, 0.05) is 18.7 Å². The van der Waals surface area contributed by atoms with Gasteiger partial charge in [-0.15, -0.1) is 24.0 Å². The first-order valence-corrected chi connectivity index (χ1v) is 6.93. The molecule has 1 rings (SSSR count). The van der Waals surface area contributed by atoms with Crippen LogP contribution in [0, 0.1) is 5.92 Å². The zero-order chi connectivity index (χ0) is 15.0. The predicted octanol–water partition coefficient (Wildman–Crippen LogP) is 2.11. The Kier molecular flexibility index (Phi) is 9.77. The summed E-state index contributed by atoms with van der Waals surface area (Å²) in [7, 11) is 0. The first-order valence-electron chi connectivity index (χ1n) is 6.93. The second-order valence-electron chi connectivity index (χ2n) is 5.03. The molecular weight excluding hydrogens is 379 g/mol. The maximum Gasteiger partial charge on any atom is 0.251 e. The highest BCUT2D eigenvalue weighted by atomic mass is 127. The zero-order valence-corrected chi connectivity index (χ0v) is 15.2. The maximum absolute atomic E-state index is 11.6. The van der Waals surface area contributed by atoms with E-state index in [0.717, 1.165) is 12.1 Å². The van der Waals surface area contributed by atoms with Crippen molar-refractivity contribution in [1.29, 1.82) is 0 Å². The standard InChI is InChI=1S/C15H24N4O.HI/c1-4-17-14(20)13-7-5-12(6-8-13)10-19-15(16)18-9-11(2)3;/h5-8,11H,4,9-10H2,1-3H3,(H,17,20)(H3,16,18,19);1H. The third-order valence-electron chi connectivity index (χ3n) is 2.68. The smallest absolute Gasteiger partial charge is 0.251 e. The molecule has 0 aliphatic rings. The van der Waals surface area contributed by atoms with Gasteiger partial charge in [-0.2, -0.15) is 0 Å². The quantitative estimate of drug-likeness (QED) is 0.386. The first kappa shape index (κ1) is 19.7. The number of hydrogen-bond acceptors (Lipinski definition) is 2. The van der Waals surface area contributed by atoms with Gasteiger partial charge in [0.15, 0.2) is 5.96 Å². The number of carbonyl (C=O) groups excluding carboxylic acids is 1. The third kappa shape index (κ3) is 7.89. The van der Waals surface area contributed by atoms with Crippen LogP contribution in [0.4, 0.5) is 0 Å². The Morgan fingerprint density at radius 1 is 1.24 bits per heavy atom. The van der Waals surface area contributed by atoms with Crippen molar-refractivity contribution in [2.45, 2.75) is 27.3 Å². The second-order valence-corrected chi connectivity index (χ2v) is 5.03. The number of guanidine groups is 1. The number of nitrogens with one attached hydrogen (secondary N) is 2. The Balaban J connectivity index is 0.00000400. The van der Waals surface area contributed by atoms with Crippen LogP contribution < -0.4 is 16.4 Å². The zero-order valence-electron chi connectivity index (χ0n) is 12.8. The number of nitrogens with zero attached hydrogens (tertiary/aromatic N) is 1. The lowest BCUT2D eigenvalue weighted by Crippen LogP contribution is -2.34. The van der Waals surface area contributed by atoms with Crippen molar-refractivity contribution in [2.24, 2.45) is 16.6 Å². The Hall–Kier alpha value is -1.31. The maximum atomic E-state index is 11.6. The van der Waals surface area contributed by atoms with E-state index in [1.807, 2.05) is 19.1 Å². The first-order chi connectivity index (χ1) is 9.52. The van der Waals surface area contributed by atoms with Crippen molar-refractivity contribution in [3.8, 4) is 0 Å². The molecule has 0 heterocycles. The van der Waals surface area contributed by atoms with E-state index in [9.17, 15) is 4.79 Å². The van der Waals surface area contributed by atoms with E-state index in [-0.39, 0.29) is 29.9 Å². The number of rotatable bonds is 6. The highest BCUT2D eigenvalue weighted by Gasteiger charge is 2.03. The minimum absolute atomic E-state index is 0. The van der Waals surface area contributed by atoms with Crippen LogP contribution in [-0.4, -0.2) is 25.0 Å². The van der Waals surface area contributed by atoms with E-state index in [4.69, 9.17) is 5.73 Å². The highest BCUT2D eigenvalue weighted by Crippen LogP contribution is 2.05. The fourth-order valence-corrected chi connectivity index (χ4v) is 1.57. The van der Waals surface area contributed by atoms with Crippen LogP contribution in [-0.2, 0) is 6.54 Å². The Morgan fingerprint density at radius 2 is 1.86 bits per heavy atom. The van der Waals surface area contributed by atoms with Crippen molar-refractivity contribution in [3.05, 3.63) is 35.4 Å². The summed E-state index contributed by atoms with van der Waals surface area (Å²) in [5, 5.41) is 5.82. The van der Waals surface area contributed by atoms with Gasteiger partial charge in [-0.05, 0) is 30.5 Å². The average Bonchev–Trinajstić information content (AvgIpc) is 2.43. The summed E-state index contributed by atoms with van der Waals surface area (Å²) in [5.74, 6) is 0.923. The lowest BCUT2D eigenvalue weighted by molar-refractivity contribution is 0.0956. The summed E-state index contributed by atoms with van der Waals surface area (Å²) in [6, 6.07) is 7.38. The Labute approximate surface area is 143 Å². The van der Waals surface area contributed by atoms with Gasteiger partial charge >= 0.3 is 0 Å². The molecule has 5 nitrogen and oxygen atoms in total. The molecular formula is C15H25IN4O. The van der Waals surface area contributed by atoms with Crippen molar-refractivity contribution < 1.29 is 4.79 Å². The molecule has 0 bridgehead atoms. The largest absolute Gasteiger partial charge is 0.370 e. The molecule has 4 N–H and O–H groups in total. The van der Waals surface area contributed by atoms with E-state index in [0.29, 0.717) is 30.5 Å². The lowest BCUT2D eigenvalue weighted by atomic mass is 10.1. The molecule has 6 heteroatoms. The van der Waals surface area contributed by atoms with Crippen molar-refractivity contribution in [2.75, 3.05) is 13.1 Å². The van der Waals surface area contributed by atoms with E-state index < -0.39 is 0 Å². The molecule has 0 aliphatic carbocycles. The van der Waals surface area contributed by atoms with E-state index in [1.54, 1.807) is 12.1 Å². The van der Waals surface area contributed by atoms with Gasteiger partial charge in [-0.1, -0.05) is 26.0 Å². The fourth-order valence-electron chi connectivity index (χ4n) is 1.57. The molecule has 118 valence electrons. The van der Waals surface area contributed by atoms with Crippen LogP contribution in [0.5, 0.6) is 0 Å². The van der Waals surface area contributed by atoms with E-state index >= 15 is 0 Å². The topological polar surface area (TPSA) is 79.5 Å². The molecule has 1 aromatic carbocycles. The summed E-state index contributed by atoms with van der Waals surface area (Å²) >= 11 is 0. The summed E-state index contributed by atoms with van der Waals surface area (Å²) < 4.78 is 0. The molecule has 0 saturated heterocycles. The van der Waals surface area contributed by atoms with Crippen LogP contribution in [0.15, 0.2) is 29.3 Å². The van der Waals surface area contributed by atoms with Crippen molar-refractivity contribution in [3.63, 3.8) is 0 Å². The van der Waals surface area contributed by atoms with Crippen LogP contribution in [0.1, 0.15) is 36.7 Å². The third-order valence-corrected chi connectivity index (χ3v) is 2.68. The van der Waals surface area contributed by atoms with Crippen LogP contribution in [0.3, 0.4) is 0 Å². The summed E-state index contributed by atoms with van der Waals surface area (Å²) in [5.41, 5.74) is 7.44. The van der Waals surface area contributed by atoms with Gasteiger partial charge in [-0.3, -0.25) is 4.79 Å². The molecule has 0 spiro atoms. The Morgan fingerprint density at radius 3 is 2.38 bits per heavy atom. The van der Waals surface area contributed by atoms with Crippen LogP contribution in [0.25, 0.3) is 0 Å². The van der Waals surface area contributed by atoms with Gasteiger partial charge in [0.2, 0.25) is 0 Å². The number of benzene rings is 1. The lowest BCUT2D eigenvalue weighted by Gasteiger charge is -2.08. The van der Waals surface area contributed by atoms with Gasteiger partial charge in [0.05, 0.1) is 6.54 Å². The molecule has 0 aliphatic heterocycles. The molecule has 21 heavy (non-hydrogen) atoms. The van der Waals surface area contributed by atoms with E-state index in [2.05, 4.69) is 29.5 Å². The summed E-state index contributed by atoms with van der Waals surface area (Å²) in [4.78, 5) is 15.9. The van der Waals surface area contributed by atoms with Crippen molar-refractivity contribution >= 4 is 35.8 Å². The molecule has 0 atom stereocenters. The minimum Gasteiger partial charge on any atom is -0.370 e. The molecule has 0 aromatic heterocycles. The summed E-state index contributed by atoms with van der Waals surface area (Å²) in [6.45, 7) is 8.07. The second kappa shape index (κ2) is 10.4. The number of halogens is 1. The molecule has 0 saturated carbocycles. The predicted molar refractivity (Wildman–Crippen MR) is 98.0 cm³/mol. The van der Waals surface area contributed by atoms with Gasteiger partial charge < -0.3 is 16.4 Å². The number of carbonyl (C=O) groups is 1. The molecule has 0 fully saturated rings. The van der Waals surface area contributed by atoms with Gasteiger partial charge in [-0.25, -0.2) is 4.99 Å². The molecule has 0 radical (unpaired) electrons. The van der Waals surface area contributed by atoms with E-state index in [1.165, 1.54) is 0 Å².